The lowest BCUT2D eigenvalue weighted by atomic mass is 9.91. The third-order valence-electron chi connectivity index (χ3n) is 6.91. The Morgan fingerprint density at radius 1 is 0.500 bits per heavy atom. The molecule has 10 heteroatoms. The maximum atomic E-state index is 10.1. The van der Waals surface area contributed by atoms with E-state index < -0.39 is 74.3 Å². The van der Waals surface area contributed by atoms with E-state index in [9.17, 15) is 40.9 Å². The van der Waals surface area contributed by atoms with Gasteiger partial charge < -0.3 is 50.3 Å². The van der Waals surface area contributed by atoms with Gasteiger partial charge in [0.05, 0.1) is 25.4 Å². The zero-order chi connectivity index (χ0) is 24.8. The predicted molar refractivity (Wildman–Crippen MR) is 120 cm³/mol. The van der Waals surface area contributed by atoms with Crippen molar-refractivity contribution < 1.29 is 50.3 Å². The summed E-state index contributed by atoms with van der Waals surface area (Å²) in [6, 6.07) is 8.04. The Bertz CT molecular complexity index is 666. The minimum Gasteiger partial charge on any atom is -0.394 e. The second-order valence-corrected chi connectivity index (χ2v) is 9.34. The zero-order valence-electron chi connectivity index (χ0n) is 19.1. The molecule has 2 aliphatic rings. The molecule has 0 spiro atoms. The highest BCUT2D eigenvalue weighted by atomic mass is 16.5. The molecule has 8 N–H and O–H groups in total. The average molecular weight is 487 g/mol. The van der Waals surface area contributed by atoms with Gasteiger partial charge in [-0.3, -0.25) is 0 Å². The minimum absolute atomic E-state index is 0.431. The topological polar surface area (TPSA) is 180 Å². The third kappa shape index (κ3) is 6.52. The largest absolute Gasteiger partial charge is 0.394 e. The van der Waals surface area contributed by atoms with Crippen molar-refractivity contribution in [3.8, 4) is 0 Å². The van der Waals surface area contributed by atoms with Crippen LogP contribution in [0.5, 0.6) is 0 Å². The van der Waals surface area contributed by atoms with E-state index >= 15 is 0 Å². The molecule has 34 heavy (non-hydrogen) atoms. The second-order valence-electron chi connectivity index (χ2n) is 9.34. The summed E-state index contributed by atoms with van der Waals surface area (Å²) in [5, 5.41) is 78.3. The van der Waals surface area contributed by atoms with Crippen molar-refractivity contribution in [3.05, 3.63) is 35.4 Å². The van der Waals surface area contributed by atoms with E-state index in [1.807, 2.05) is 24.3 Å². The van der Waals surface area contributed by atoms with Crippen LogP contribution >= 0.6 is 0 Å². The van der Waals surface area contributed by atoms with E-state index in [4.69, 9.17) is 9.47 Å². The molecule has 1 aromatic rings. The van der Waals surface area contributed by atoms with Crippen LogP contribution in [0, 0.1) is 0 Å². The number of rotatable bonds is 10. The summed E-state index contributed by atoms with van der Waals surface area (Å²) in [4.78, 5) is 0. The van der Waals surface area contributed by atoms with E-state index in [2.05, 4.69) is 0 Å². The molecule has 0 unspecified atom stereocenters. The normalized spacial score (nSPS) is 38.7. The summed E-state index contributed by atoms with van der Waals surface area (Å²) in [6.07, 6.45) is -7.06. The summed E-state index contributed by atoms with van der Waals surface area (Å²) in [5.74, 6) is 0. The standard InChI is InChI=1S/C24H38O10/c25-11-17-21(29)23(31)19(27)15(33-17)5-1-3-13-7-9-14(10-8-13)4-2-6-16-20(28)24(32)22(30)18(12-26)34-16/h7-10,15-32H,1-6,11-12H2/t15-,16-,17-,18-,19-,20-,21-,22-,23-,24-/m1/s1. The van der Waals surface area contributed by atoms with Crippen molar-refractivity contribution >= 4 is 0 Å². The number of aliphatic hydroxyl groups is 8. The van der Waals surface area contributed by atoms with E-state index in [0.29, 0.717) is 25.7 Å². The molecule has 0 radical (unpaired) electrons. The Morgan fingerprint density at radius 2 is 0.824 bits per heavy atom. The molecule has 0 amide bonds. The summed E-state index contributed by atoms with van der Waals surface area (Å²) in [7, 11) is 0. The van der Waals surface area contributed by atoms with Gasteiger partial charge in [0.1, 0.15) is 48.8 Å². The first-order valence-corrected chi connectivity index (χ1v) is 12.0. The van der Waals surface area contributed by atoms with Crippen LogP contribution < -0.4 is 0 Å². The van der Waals surface area contributed by atoms with Crippen molar-refractivity contribution in [1.29, 1.82) is 0 Å². The van der Waals surface area contributed by atoms with E-state index in [0.717, 1.165) is 24.0 Å². The van der Waals surface area contributed by atoms with Crippen LogP contribution in [0.4, 0.5) is 0 Å². The summed E-state index contributed by atoms with van der Waals surface area (Å²) in [5.41, 5.74) is 2.20. The number of aryl methyl sites for hydroxylation is 2. The van der Waals surface area contributed by atoms with Crippen LogP contribution in [0.15, 0.2) is 24.3 Å². The van der Waals surface area contributed by atoms with Crippen molar-refractivity contribution in [3.63, 3.8) is 0 Å². The molecule has 2 fully saturated rings. The van der Waals surface area contributed by atoms with Crippen LogP contribution in [0.25, 0.3) is 0 Å². The first kappa shape index (κ1) is 27.4. The Labute approximate surface area is 199 Å². The fourth-order valence-electron chi connectivity index (χ4n) is 4.72. The molecule has 3 rings (SSSR count). The van der Waals surface area contributed by atoms with Gasteiger partial charge in [-0.25, -0.2) is 0 Å². The Morgan fingerprint density at radius 3 is 1.15 bits per heavy atom. The summed E-state index contributed by atoms with van der Waals surface area (Å²) < 4.78 is 11.1. The molecule has 0 bridgehead atoms. The molecule has 0 aromatic heterocycles. The molecule has 2 aliphatic heterocycles. The zero-order valence-corrected chi connectivity index (χ0v) is 19.1. The molecule has 10 nitrogen and oxygen atoms in total. The number of hydrogen-bond donors (Lipinski definition) is 8. The van der Waals surface area contributed by atoms with Crippen LogP contribution in [-0.2, 0) is 22.3 Å². The SMILES string of the molecule is OC[C@H]1O[C@H](CCCc2ccc(CCC[C@H]3O[C@H](CO)[C@@H](O)[C@H](O)[C@@H]3O)cc2)[C@@H](O)[C@@H](O)[C@@H]1O. The maximum absolute atomic E-state index is 10.1. The fraction of sp³-hybridized carbons (Fsp3) is 0.750. The number of benzene rings is 1. The smallest absolute Gasteiger partial charge is 0.111 e. The van der Waals surface area contributed by atoms with Gasteiger partial charge in [-0.2, -0.15) is 0 Å². The highest BCUT2D eigenvalue weighted by molar-refractivity contribution is 5.22. The molecule has 2 heterocycles. The lowest BCUT2D eigenvalue weighted by Crippen LogP contribution is -2.58. The second kappa shape index (κ2) is 12.7. The van der Waals surface area contributed by atoms with Crippen LogP contribution in [-0.4, -0.2) is 115 Å². The van der Waals surface area contributed by atoms with Crippen LogP contribution in [0.2, 0.25) is 0 Å². The van der Waals surface area contributed by atoms with E-state index in [1.54, 1.807) is 0 Å². The molecule has 1 aromatic carbocycles. The van der Waals surface area contributed by atoms with Crippen molar-refractivity contribution in [2.24, 2.45) is 0 Å². The predicted octanol–water partition coefficient (Wildman–Crippen LogP) is -1.98. The highest BCUT2D eigenvalue weighted by Crippen LogP contribution is 2.26. The van der Waals surface area contributed by atoms with Gasteiger partial charge in [0.25, 0.3) is 0 Å². The lowest BCUT2D eigenvalue weighted by molar-refractivity contribution is -0.230. The van der Waals surface area contributed by atoms with Gasteiger partial charge >= 0.3 is 0 Å². The number of hydrogen-bond acceptors (Lipinski definition) is 10. The lowest BCUT2D eigenvalue weighted by Gasteiger charge is -2.40. The fourth-order valence-corrected chi connectivity index (χ4v) is 4.72. The first-order valence-electron chi connectivity index (χ1n) is 12.0. The van der Waals surface area contributed by atoms with E-state index in [1.165, 1.54) is 0 Å². The van der Waals surface area contributed by atoms with Crippen molar-refractivity contribution in [2.75, 3.05) is 13.2 Å². The minimum atomic E-state index is -1.35. The molecule has 2 saturated heterocycles. The molecular formula is C24H38O10. The third-order valence-corrected chi connectivity index (χ3v) is 6.91. The maximum Gasteiger partial charge on any atom is 0.111 e. The quantitative estimate of drug-likeness (QED) is 0.185. The monoisotopic (exact) mass is 486 g/mol. The van der Waals surface area contributed by atoms with Crippen molar-refractivity contribution in [1.82, 2.24) is 0 Å². The highest BCUT2D eigenvalue weighted by Gasteiger charge is 2.43. The molecule has 10 atom stereocenters. The van der Waals surface area contributed by atoms with Crippen LogP contribution in [0.1, 0.15) is 36.8 Å². The van der Waals surface area contributed by atoms with Gasteiger partial charge in [0.15, 0.2) is 0 Å². The summed E-state index contributed by atoms with van der Waals surface area (Å²) >= 11 is 0. The van der Waals surface area contributed by atoms with E-state index in [-0.39, 0.29) is 0 Å². The van der Waals surface area contributed by atoms with Gasteiger partial charge in [-0.1, -0.05) is 24.3 Å². The van der Waals surface area contributed by atoms with Gasteiger partial charge in [0.2, 0.25) is 0 Å². The van der Waals surface area contributed by atoms with Gasteiger partial charge in [0, 0.05) is 0 Å². The van der Waals surface area contributed by atoms with Gasteiger partial charge in [-0.05, 0) is 49.7 Å². The number of ether oxygens (including phenoxy) is 2. The van der Waals surface area contributed by atoms with Crippen LogP contribution in [0.3, 0.4) is 0 Å². The Balaban J connectivity index is 1.40. The molecule has 0 aliphatic carbocycles. The van der Waals surface area contributed by atoms with Gasteiger partial charge in [-0.15, -0.1) is 0 Å². The molecular weight excluding hydrogens is 448 g/mol. The van der Waals surface area contributed by atoms with Crippen molar-refractivity contribution in [2.45, 2.75) is 99.6 Å². The Hall–Kier alpha value is -1.18. The first-order chi connectivity index (χ1) is 16.3. The number of aliphatic hydroxyl groups excluding tert-OH is 8. The molecule has 0 saturated carbocycles. The Kier molecular flexibility index (Phi) is 10.2. The molecule has 194 valence electrons. The summed E-state index contributed by atoms with van der Waals surface area (Å²) in [6.45, 7) is -0.863. The average Bonchev–Trinajstić information content (AvgIpc) is 2.85.